The summed E-state index contributed by atoms with van der Waals surface area (Å²) in [5.41, 5.74) is 0.459. The first-order chi connectivity index (χ1) is 10.3. The van der Waals surface area contributed by atoms with E-state index in [2.05, 4.69) is 15.0 Å². The number of nitro benzene ring substituents is 1. The zero-order valence-electron chi connectivity index (χ0n) is 11.7. The fourth-order valence-corrected chi connectivity index (χ4v) is 2.17. The number of nitrogens with zero attached hydrogens (tertiary/aromatic N) is 2. The number of aromatic nitrogens is 2. The van der Waals surface area contributed by atoms with Crippen LogP contribution in [0.4, 0.5) is 11.4 Å². The van der Waals surface area contributed by atoms with E-state index in [1.807, 2.05) is 0 Å². The van der Waals surface area contributed by atoms with Gasteiger partial charge >= 0.3 is 0 Å². The van der Waals surface area contributed by atoms with Crippen molar-refractivity contribution >= 4 is 29.8 Å². The van der Waals surface area contributed by atoms with E-state index in [1.165, 1.54) is 6.07 Å². The number of hydrogen-bond acceptors (Lipinski definition) is 6. The quantitative estimate of drug-likeness (QED) is 0.347. The third-order valence-electron chi connectivity index (χ3n) is 2.90. The summed E-state index contributed by atoms with van der Waals surface area (Å²) in [6, 6.07) is 3.13. The number of H-pyrrole nitrogens is 2. The maximum absolute atomic E-state index is 11.7. The highest BCUT2D eigenvalue weighted by molar-refractivity contribution is 7.71. The van der Waals surface area contributed by atoms with Crippen molar-refractivity contribution in [3.8, 4) is 5.88 Å². The maximum Gasteiger partial charge on any atom is 0.295 e. The highest BCUT2D eigenvalue weighted by Crippen LogP contribution is 2.32. The summed E-state index contributed by atoms with van der Waals surface area (Å²) in [5, 5.41) is 20.8. The highest BCUT2D eigenvalue weighted by atomic mass is 32.1. The van der Waals surface area contributed by atoms with Crippen LogP contribution in [0.2, 0.25) is 0 Å². The molecule has 0 fully saturated rings. The average Bonchev–Trinajstić information content (AvgIpc) is 2.38. The van der Waals surface area contributed by atoms with Crippen LogP contribution in [0, 0.1) is 28.7 Å². The Bertz CT molecular complexity index is 898. The van der Waals surface area contributed by atoms with E-state index in [9.17, 15) is 20.0 Å². The summed E-state index contributed by atoms with van der Waals surface area (Å²) in [6.07, 6.45) is 1.06. The van der Waals surface area contributed by atoms with Gasteiger partial charge in [-0.05, 0) is 37.2 Å². The third kappa shape index (κ3) is 3.09. The van der Waals surface area contributed by atoms with Gasteiger partial charge in [-0.3, -0.25) is 19.9 Å². The standard InChI is InChI=1S/C13H12N4O4S/c1-6-3-7(2)10(9(4-6)17(20)21)14-5-8-11(18)15-13(22)16-12(8)19/h3-5H,1-2H3,(H3,15,16,18,19,22). The molecule has 0 amide bonds. The lowest BCUT2D eigenvalue weighted by atomic mass is 10.1. The smallest absolute Gasteiger partial charge is 0.295 e. The number of aryl methyl sites for hydroxylation is 2. The second-order valence-corrected chi connectivity index (χ2v) is 5.04. The lowest BCUT2D eigenvalue weighted by Crippen LogP contribution is -2.13. The first kappa shape index (κ1) is 15.6. The van der Waals surface area contributed by atoms with Crippen molar-refractivity contribution in [2.24, 2.45) is 4.99 Å². The Morgan fingerprint density at radius 2 is 2.05 bits per heavy atom. The van der Waals surface area contributed by atoms with Crippen LogP contribution in [0.3, 0.4) is 0 Å². The number of aromatic amines is 2. The molecule has 0 spiro atoms. The summed E-state index contributed by atoms with van der Waals surface area (Å²) >= 11 is 4.71. The molecule has 9 heteroatoms. The van der Waals surface area contributed by atoms with Gasteiger partial charge in [-0.1, -0.05) is 6.07 Å². The Kier molecular flexibility index (Phi) is 4.18. The minimum absolute atomic E-state index is 0.0304. The number of aromatic hydroxyl groups is 1. The van der Waals surface area contributed by atoms with Crippen molar-refractivity contribution in [3.63, 3.8) is 0 Å². The van der Waals surface area contributed by atoms with Crippen LogP contribution in [0.25, 0.3) is 0 Å². The molecule has 1 aromatic carbocycles. The van der Waals surface area contributed by atoms with Crippen LogP contribution < -0.4 is 5.56 Å². The van der Waals surface area contributed by atoms with E-state index in [0.29, 0.717) is 5.56 Å². The van der Waals surface area contributed by atoms with E-state index in [0.717, 1.165) is 11.8 Å². The molecule has 1 aromatic heterocycles. The number of hydrogen-bond donors (Lipinski definition) is 3. The maximum atomic E-state index is 11.7. The van der Waals surface area contributed by atoms with Gasteiger partial charge in [0.25, 0.3) is 11.2 Å². The first-order valence-electron chi connectivity index (χ1n) is 6.15. The second kappa shape index (κ2) is 5.90. The van der Waals surface area contributed by atoms with Crippen molar-refractivity contribution in [2.75, 3.05) is 0 Å². The van der Waals surface area contributed by atoms with Gasteiger partial charge in [-0.2, -0.15) is 0 Å². The van der Waals surface area contributed by atoms with E-state index < -0.39 is 16.4 Å². The molecular weight excluding hydrogens is 308 g/mol. The minimum Gasteiger partial charge on any atom is -0.494 e. The predicted molar refractivity (Wildman–Crippen MR) is 83.7 cm³/mol. The van der Waals surface area contributed by atoms with Crippen molar-refractivity contribution < 1.29 is 10.0 Å². The SMILES string of the molecule is Cc1cc(C)c(N=Cc2c(O)[nH]c(=S)[nH]c2=O)c([N+](=O)[O-])c1. The molecule has 2 aromatic rings. The van der Waals surface area contributed by atoms with E-state index in [-0.39, 0.29) is 21.7 Å². The largest absolute Gasteiger partial charge is 0.494 e. The highest BCUT2D eigenvalue weighted by Gasteiger charge is 2.16. The normalized spacial score (nSPS) is 11.0. The van der Waals surface area contributed by atoms with Gasteiger partial charge in [0.1, 0.15) is 11.3 Å². The Balaban J connectivity index is 2.59. The molecule has 1 heterocycles. The van der Waals surface area contributed by atoms with Crippen molar-refractivity contribution in [2.45, 2.75) is 13.8 Å². The molecule has 2 rings (SSSR count). The molecule has 0 bridgehead atoms. The number of rotatable bonds is 3. The molecule has 0 saturated carbocycles. The summed E-state index contributed by atoms with van der Waals surface area (Å²) in [4.78, 5) is 30.9. The monoisotopic (exact) mass is 320 g/mol. The molecule has 0 aliphatic heterocycles. The summed E-state index contributed by atoms with van der Waals surface area (Å²) < 4.78 is -0.0304. The predicted octanol–water partition coefficient (Wildman–Crippen LogP) is 2.41. The van der Waals surface area contributed by atoms with Crippen LogP contribution >= 0.6 is 12.2 Å². The van der Waals surface area contributed by atoms with Gasteiger partial charge in [-0.25, -0.2) is 4.99 Å². The van der Waals surface area contributed by atoms with Crippen molar-refractivity contribution in [1.29, 1.82) is 0 Å². The molecule has 0 radical (unpaired) electrons. The van der Waals surface area contributed by atoms with Gasteiger partial charge in [0.15, 0.2) is 4.77 Å². The number of aliphatic imine (C=N–C) groups is 1. The van der Waals surface area contributed by atoms with E-state index in [1.54, 1.807) is 19.9 Å². The van der Waals surface area contributed by atoms with Crippen LogP contribution in [0.1, 0.15) is 16.7 Å². The fourth-order valence-electron chi connectivity index (χ4n) is 1.98. The molecule has 0 aliphatic carbocycles. The van der Waals surface area contributed by atoms with Crippen LogP contribution in [-0.4, -0.2) is 26.2 Å². The lowest BCUT2D eigenvalue weighted by molar-refractivity contribution is -0.384. The number of nitrogens with one attached hydrogen (secondary N) is 2. The van der Waals surface area contributed by atoms with Crippen LogP contribution in [-0.2, 0) is 0 Å². The van der Waals surface area contributed by atoms with Crippen molar-refractivity contribution in [3.05, 3.63) is 54.1 Å². The molecule has 22 heavy (non-hydrogen) atoms. The number of nitro groups is 1. The summed E-state index contributed by atoms with van der Waals surface area (Å²) in [7, 11) is 0. The third-order valence-corrected chi connectivity index (χ3v) is 3.11. The molecular formula is C13H12N4O4S. The molecule has 3 N–H and O–H groups in total. The van der Waals surface area contributed by atoms with Gasteiger partial charge in [-0.15, -0.1) is 0 Å². The second-order valence-electron chi connectivity index (χ2n) is 4.64. The van der Waals surface area contributed by atoms with Gasteiger partial charge in [0.05, 0.1) is 4.92 Å². The first-order valence-corrected chi connectivity index (χ1v) is 6.55. The molecule has 0 aliphatic rings. The minimum atomic E-state index is -0.641. The Hall–Kier alpha value is -2.81. The zero-order valence-corrected chi connectivity index (χ0v) is 12.5. The summed E-state index contributed by atoms with van der Waals surface area (Å²) in [6.45, 7) is 3.41. The van der Waals surface area contributed by atoms with E-state index >= 15 is 0 Å². The molecule has 114 valence electrons. The molecule has 0 atom stereocenters. The van der Waals surface area contributed by atoms with Gasteiger partial charge < -0.3 is 10.1 Å². The topological polar surface area (TPSA) is 124 Å². The Morgan fingerprint density at radius 3 is 2.64 bits per heavy atom. The zero-order chi connectivity index (χ0) is 16.4. The molecule has 0 saturated heterocycles. The van der Waals surface area contributed by atoms with Gasteiger partial charge in [0.2, 0.25) is 5.88 Å². The molecule has 8 nitrogen and oxygen atoms in total. The molecule has 0 unspecified atom stereocenters. The fraction of sp³-hybridized carbons (Fsp3) is 0.154. The van der Waals surface area contributed by atoms with E-state index in [4.69, 9.17) is 12.2 Å². The average molecular weight is 320 g/mol. The van der Waals surface area contributed by atoms with Crippen molar-refractivity contribution in [1.82, 2.24) is 9.97 Å². The Labute approximate surface area is 129 Å². The van der Waals surface area contributed by atoms with Crippen LogP contribution in [0.15, 0.2) is 21.9 Å². The number of benzene rings is 1. The lowest BCUT2D eigenvalue weighted by Gasteiger charge is -2.04. The Morgan fingerprint density at radius 1 is 1.36 bits per heavy atom. The van der Waals surface area contributed by atoms with Gasteiger partial charge in [0, 0.05) is 12.3 Å². The van der Waals surface area contributed by atoms with Crippen LogP contribution in [0.5, 0.6) is 5.88 Å². The summed E-state index contributed by atoms with van der Waals surface area (Å²) in [5.74, 6) is -0.454.